The number of likely N-dealkylation sites (tertiary alicyclic amines) is 1. The van der Waals surface area contributed by atoms with Crippen LogP contribution in [0, 0.1) is 0 Å². The molecule has 0 atom stereocenters. The summed E-state index contributed by atoms with van der Waals surface area (Å²) in [7, 11) is 0. The van der Waals surface area contributed by atoms with Crippen LogP contribution in [0.1, 0.15) is 37.1 Å². The molecule has 8 heteroatoms. The second-order valence-corrected chi connectivity index (χ2v) is 8.59. The number of hydrogen-bond donors (Lipinski definition) is 1. The van der Waals surface area contributed by atoms with Gasteiger partial charge in [0.25, 0.3) is 0 Å². The number of piperidine rings is 1. The van der Waals surface area contributed by atoms with Gasteiger partial charge in [0, 0.05) is 41.7 Å². The monoisotopic (exact) mass is 482 g/mol. The average molecular weight is 483 g/mol. The number of amides is 2. The van der Waals surface area contributed by atoms with Gasteiger partial charge in [-0.3, -0.25) is 9.59 Å². The Balaban J connectivity index is 1.33. The molecule has 1 N–H and O–H groups in total. The topological polar surface area (TPSA) is 88.3 Å². The number of nitrogens with zero attached hydrogens (tertiary/aromatic N) is 3. The maximum atomic E-state index is 12.6. The van der Waals surface area contributed by atoms with E-state index in [2.05, 4.69) is 31.4 Å². The summed E-state index contributed by atoms with van der Waals surface area (Å²) < 4.78 is 6.52. The minimum Gasteiger partial charge on any atom is -0.342 e. The number of carbonyl (C=O) groups is 2. The number of hydrogen-bond acceptors (Lipinski definition) is 5. The van der Waals surface area contributed by atoms with Crippen LogP contribution in [0.25, 0.3) is 11.4 Å². The van der Waals surface area contributed by atoms with E-state index in [9.17, 15) is 9.59 Å². The smallest absolute Gasteiger partial charge is 0.230 e. The minimum absolute atomic E-state index is 0.115. The van der Waals surface area contributed by atoms with E-state index >= 15 is 0 Å². The molecule has 1 aliphatic heterocycles. The summed E-state index contributed by atoms with van der Waals surface area (Å²) in [4.78, 5) is 30.2. The molecule has 1 saturated heterocycles. The molecule has 3 aromatic rings. The quantitative estimate of drug-likeness (QED) is 0.581. The van der Waals surface area contributed by atoms with Crippen molar-refractivity contribution in [3.8, 4) is 11.4 Å². The molecule has 2 amide bonds. The highest BCUT2D eigenvalue weighted by molar-refractivity contribution is 9.10. The molecular formula is C23H23BrN4O3. The normalized spacial score (nSPS) is 14.5. The standard InChI is InChI=1S/C23H23BrN4O3/c1-15(29)25-20-8-4-17(5-9-20)22-26-23(31-27-22)18-10-12-28(13-11-18)21(30)14-16-2-6-19(24)7-3-16/h2-9,18H,10-14H2,1H3,(H,25,29). The van der Waals surface area contributed by atoms with Crippen LogP contribution in [0.5, 0.6) is 0 Å². The Morgan fingerprint density at radius 1 is 1.10 bits per heavy atom. The Morgan fingerprint density at radius 3 is 2.42 bits per heavy atom. The van der Waals surface area contributed by atoms with Gasteiger partial charge in [0.05, 0.1) is 6.42 Å². The second kappa shape index (κ2) is 9.43. The summed E-state index contributed by atoms with van der Waals surface area (Å²) in [6, 6.07) is 15.2. The molecule has 0 aliphatic carbocycles. The summed E-state index contributed by atoms with van der Waals surface area (Å²) in [6.07, 6.45) is 2.02. The highest BCUT2D eigenvalue weighted by Crippen LogP contribution is 2.29. The highest BCUT2D eigenvalue weighted by atomic mass is 79.9. The van der Waals surface area contributed by atoms with Crippen LogP contribution in [0.3, 0.4) is 0 Å². The Kier molecular flexibility index (Phi) is 6.46. The maximum Gasteiger partial charge on any atom is 0.230 e. The summed E-state index contributed by atoms with van der Waals surface area (Å²) in [5, 5.41) is 6.85. The first-order valence-corrected chi connectivity index (χ1v) is 11.0. The van der Waals surface area contributed by atoms with Crippen molar-refractivity contribution in [2.45, 2.75) is 32.1 Å². The number of nitrogens with one attached hydrogen (secondary N) is 1. The first-order chi connectivity index (χ1) is 15.0. The number of aromatic nitrogens is 2. The van der Waals surface area contributed by atoms with Crippen molar-refractivity contribution < 1.29 is 14.1 Å². The lowest BCUT2D eigenvalue weighted by atomic mass is 9.96. The third-order valence-corrected chi connectivity index (χ3v) is 5.90. The van der Waals surface area contributed by atoms with Crippen molar-refractivity contribution in [2.24, 2.45) is 0 Å². The van der Waals surface area contributed by atoms with E-state index < -0.39 is 0 Å². The van der Waals surface area contributed by atoms with Crippen LogP contribution >= 0.6 is 15.9 Å². The summed E-state index contributed by atoms with van der Waals surface area (Å²) in [5.41, 5.74) is 2.56. The van der Waals surface area contributed by atoms with Crippen molar-refractivity contribution in [2.75, 3.05) is 18.4 Å². The van der Waals surface area contributed by atoms with Crippen molar-refractivity contribution >= 4 is 33.4 Å². The molecule has 4 rings (SSSR count). The summed E-state index contributed by atoms with van der Waals surface area (Å²) >= 11 is 3.41. The van der Waals surface area contributed by atoms with Gasteiger partial charge in [-0.2, -0.15) is 4.98 Å². The Hall–Kier alpha value is -3.00. The molecular weight excluding hydrogens is 460 g/mol. The van der Waals surface area contributed by atoms with Crippen molar-refractivity contribution in [1.82, 2.24) is 15.0 Å². The number of rotatable bonds is 5. The molecule has 31 heavy (non-hydrogen) atoms. The Morgan fingerprint density at radius 2 is 1.77 bits per heavy atom. The van der Waals surface area contributed by atoms with E-state index in [0.717, 1.165) is 34.1 Å². The Bertz CT molecular complexity index is 1060. The van der Waals surface area contributed by atoms with E-state index in [-0.39, 0.29) is 17.7 Å². The summed E-state index contributed by atoms with van der Waals surface area (Å²) in [6.45, 7) is 2.84. The third kappa shape index (κ3) is 5.38. The zero-order valence-electron chi connectivity index (χ0n) is 17.2. The zero-order valence-corrected chi connectivity index (χ0v) is 18.8. The third-order valence-electron chi connectivity index (χ3n) is 5.37. The fraction of sp³-hybridized carbons (Fsp3) is 0.304. The van der Waals surface area contributed by atoms with Crippen molar-refractivity contribution in [3.05, 3.63) is 64.5 Å². The molecule has 2 aromatic carbocycles. The largest absolute Gasteiger partial charge is 0.342 e. The van der Waals surface area contributed by atoms with Gasteiger partial charge >= 0.3 is 0 Å². The highest BCUT2D eigenvalue weighted by Gasteiger charge is 2.27. The van der Waals surface area contributed by atoms with Crippen LogP contribution in [0.2, 0.25) is 0 Å². The van der Waals surface area contributed by atoms with E-state index in [1.807, 2.05) is 53.4 Å². The first kappa shape index (κ1) is 21.2. The molecule has 0 bridgehead atoms. The van der Waals surface area contributed by atoms with Gasteiger partial charge in [-0.05, 0) is 54.8 Å². The predicted octanol–water partition coefficient (Wildman–Crippen LogP) is 4.41. The molecule has 7 nitrogen and oxygen atoms in total. The average Bonchev–Trinajstić information content (AvgIpc) is 3.26. The van der Waals surface area contributed by atoms with Gasteiger partial charge in [0.1, 0.15) is 0 Å². The van der Waals surface area contributed by atoms with Crippen molar-refractivity contribution in [3.63, 3.8) is 0 Å². The van der Waals surface area contributed by atoms with E-state index in [1.54, 1.807) is 0 Å². The molecule has 0 radical (unpaired) electrons. The van der Waals surface area contributed by atoms with Crippen molar-refractivity contribution in [1.29, 1.82) is 0 Å². The predicted molar refractivity (Wildman–Crippen MR) is 120 cm³/mol. The molecule has 1 aromatic heterocycles. The van der Waals surface area contributed by atoms with Crippen LogP contribution < -0.4 is 5.32 Å². The van der Waals surface area contributed by atoms with Gasteiger partial charge < -0.3 is 14.7 Å². The number of halogens is 1. The lowest BCUT2D eigenvalue weighted by Crippen LogP contribution is -2.38. The zero-order chi connectivity index (χ0) is 21.8. The Labute approximate surface area is 189 Å². The van der Waals surface area contributed by atoms with Gasteiger partial charge in [0.15, 0.2) is 0 Å². The molecule has 0 saturated carbocycles. The number of benzene rings is 2. The van der Waals surface area contributed by atoms with Crippen LogP contribution in [-0.2, 0) is 16.0 Å². The molecule has 0 spiro atoms. The number of carbonyl (C=O) groups excluding carboxylic acids is 2. The SMILES string of the molecule is CC(=O)Nc1ccc(-c2noc(C3CCN(C(=O)Cc4ccc(Br)cc4)CC3)n2)cc1. The van der Waals surface area contributed by atoms with Gasteiger partial charge in [-0.25, -0.2) is 0 Å². The summed E-state index contributed by atoms with van der Waals surface area (Å²) in [5.74, 6) is 1.32. The lowest BCUT2D eigenvalue weighted by Gasteiger charge is -2.30. The minimum atomic E-state index is -0.115. The molecule has 0 unspecified atom stereocenters. The second-order valence-electron chi connectivity index (χ2n) is 7.67. The van der Waals surface area contributed by atoms with E-state index in [4.69, 9.17) is 4.52 Å². The van der Waals surface area contributed by atoms with Crippen LogP contribution in [0.15, 0.2) is 57.5 Å². The van der Waals surface area contributed by atoms with E-state index in [0.29, 0.717) is 31.2 Å². The lowest BCUT2D eigenvalue weighted by molar-refractivity contribution is -0.131. The van der Waals surface area contributed by atoms with Gasteiger partial charge in [-0.15, -0.1) is 0 Å². The fourth-order valence-electron chi connectivity index (χ4n) is 3.69. The molecule has 1 aliphatic rings. The van der Waals surface area contributed by atoms with Gasteiger partial charge in [0.2, 0.25) is 23.5 Å². The fourth-order valence-corrected chi connectivity index (χ4v) is 3.95. The van der Waals surface area contributed by atoms with Crippen LogP contribution in [-0.4, -0.2) is 39.9 Å². The molecule has 2 heterocycles. The van der Waals surface area contributed by atoms with Crippen LogP contribution in [0.4, 0.5) is 5.69 Å². The molecule has 1 fully saturated rings. The van der Waals surface area contributed by atoms with E-state index in [1.165, 1.54) is 6.92 Å². The first-order valence-electron chi connectivity index (χ1n) is 10.2. The maximum absolute atomic E-state index is 12.6. The number of anilines is 1. The van der Waals surface area contributed by atoms with Gasteiger partial charge in [-0.1, -0.05) is 33.2 Å². The molecule has 160 valence electrons.